The van der Waals surface area contributed by atoms with Gasteiger partial charge >= 0.3 is 0 Å². The van der Waals surface area contributed by atoms with Crippen molar-refractivity contribution < 1.29 is 4.79 Å². The number of hydrogen-bond acceptors (Lipinski definition) is 4. The molecule has 1 amide bonds. The van der Waals surface area contributed by atoms with Gasteiger partial charge in [0.15, 0.2) is 5.13 Å². The fourth-order valence-electron chi connectivity index (χ4n) is 4.60. The molecular weight excluding hydrogens is 464 g/mol. The first-order valence-corrected chi connectivity index (χ1v) is 13.1. The predicted molar refractivity (Wildman–Crippen MR) is 148 cm³/mol. The highest BCUT2D eigenvalue weighted by atomic mass is 32.1. The molecule has 3 aromatic carbocycles. The van der Waals surface area contributed by atoms with Gasteiger partial charge in [-0.2, -0.15) is 0 Å². The minimum Gasteiger partial charge on any atom is -0.337 e. The van der Waals surface area contributed by atoms with Crippen LogP contribution in [0.15, 0.2) is 91.5 Å². The molecule has 6 heteroatoms. The van der Waals surface area contributed by atoms with Gasteiger partial charge < -0.3 is 4.57 Å². The first-order valence-electron chi connectivity index (χ1n) is 12.3. The Morgan fingerprint density at radius 3 is 2.22 bits per heavy atom. The molecule has 0 aliphatic carbocycles. The van der Waals surface area contributed by atoms with Gasteiger partial charge in [-0.1, -0.05) is 84.1 Å². The van der Waals surface area contributed by atoms with Crippen molar-refractivity contribution in [2.24, 2.45) is 0 Å². The van der Waals surface area contributed by atoms with Crippen molar-refractivity contribution in [3.05, 3.63) is 114 Å². The molecule has 0 spiro atoms. The second kappa shape index (κ2) is 10.9. The highest BCUT2D eigenvalue weighted by Crippen LogP contribution is 2.35. The van der Waals surface area contributed by atoms with Crippen LogP contribution in [0.3, 0.4) is 0 Å². The topological polar surface area (TPSA) is 51.0 Å². The quantitative estimate of drug-likeness (QED) is 0.228. The molecule has 0 N–H and O–H groups in total. The Hall–Kier alpha value is -3.77. The summed E-state index contributed by atoms with van der Waals surface area (Å²) in [5.74, 6) is 0.0709. The number of rotatable bonds is 9. The minimum absolute atomic E-state index is 0.0195. The van der Waals surface area contributed by atoms with Crippen LogP contribution in [-0.2, 0) is 11.3 Å². The van der Waals surface area contributed by atoms with Gasteiger partial charge in [0, 0.05) is 37.8 Å². The van der Waals surface area contributed by atoms with Crippen molar-refractivity contribution in [2.45, 2.75) is 39.2 Å². The zero-order valence-electron chi connectivity index (χ0n) is 20.7. The predicted octanol–water partition coefficient (Wildman–Crippen LogP) is 6.76. The van der Waals surface area contributed by atoms with Crippen molar-refractivity contribution in [3.8, 4) is 0 Å². The molecule has 182 valence electrons. The summed E-state index contributed by atoms with van der Waals surface area (Å²) in [5, 5.41) is 0.776. The number of carbonyl (C=O) groups is 1. The number of carbonyl (C=O) groups excluding carboxylic acids is 1. The Labute approximate surface area is 216 Å². The summed E-state index contributed by atoms with van der Waals surface area (Å²) < 4.78 is 3.20. The lowest BCUT2D eigenvalue weighted by Crippen LogP contribution is -2.33. The molecule has 0 saturated carbocycles. The number of fused-ring (bicyclic) bond motifs is 1. The normalized spacial score (nSPS) is 11.3. The third kappa shape index (κ3) is 5.24. The van der Waals surface area contributed by atoms with Gasteiger partial charge in [-0.15, -0.1) is 0 Å². The standard InChI is InChI=1S/C30H30N4OS/c1-22-14-15-23(2)29-28(22)32-30(36-29)34(18-9-17-33-19-16-31-21-33)27(35)20-26(24-10-5-3-6-11-24)25-12-7-4-8-13-25/h3-8,10-16,19,21,26H,9,17-18,20H2,1-2H3. The molecule has 2 aromatic heterocycles. The molecule has 0 radical (unpaired) electrons. The van der Waals surface area contributed by atoms with Crippen molar-refractivity contribution in [3.63, 3.8) is 0 Å². The summed E-state index contributed by atoms with van der Waals surface area (Å²) in [6.07, 6.45) is 6.76. The molecule has 0 aliphatic rings. The van der Waals surface area contributed by atoms with Gasteiger partial charge in [0.2, 0.25) is 5.91 Å². The average Bonchev–Trinajstić information content (AvgIpc) is 3.59. The van der Waals surface area contributed by atoms with Gasteiger partial charge in [-0.05, 0) is 42.5 Å². The Morgan fingerprint density at radius 2 is 1.61 bits per heavy atom. The van der Waals surface area contributed by atoms with Crippen LogP contribution in [0.4, 0.5) is 5.13 Å². The number of aryl methyl sites for hydroxylation is 3. The van der Waals surface area contributed by atoms with Crippen LogP contribution in [0.2, 0.25) is 0 Å². The SMILES string of the molecule is Cc1ccc(C)c2sc(N(CCCn3ccnc3)C(=O)CC(c3ccccc3)c3ccccc3)nc12. The molecule has 5 aromatic rings. The number of nitrogens with zero attached hydrogens (tertiary/aromatic N) is 4. The summed E-state index contributed by atoms with van der Waals surface area (Å²) in [5.41, 5.74) is 5.61. The van der Waals surface area contributed by atoms with E-state index in [1.54, 1.807) is 17.5 Å². The second-order valence-electron chi connectivity index (χ2n) is 9.15. The molecule has 0 atom stereocenters. The minimum atomic E-state index is -0.0195. The van der Waals surface area contributed by atoms with E-state index in [9.17, 15) is 4.79 Å². The molecule has 0 bridgehead atoms. The van der Waals surface area contributed by atoms with Gasteiger partial charge in [-0.3, -0.25) is 9.69 Å². The maximum Gasteiger partial charge on any atom is 0.229 e. The molecule has 0 aliphatic heterocycles. The van der Waals surface area contributed by atoms with Crippen molar-refractivity contribution >= 4 is 32.6 Å². The maximum absolute atomic E-state index is 14.0. The fourth-order valence-corrected chi connectivity index (χ4v) is 5.76. The van der Waals surface area contributed by atoms with Gasteiger partial charge in [-0.25, -0.2) is 9.97 Å². The highest BCUT2D eigenvalue weighted by molar-refractivity contribution is 7.22. The molecule has 0 saturated heterocycles. The number of anilines is 1. The van der Waals surface area contributed by atoms with Crippen LogP contribution in [0.25, 0.3) is 10.2 Å². The van der Waals surface area contributed by atoms with E-state index >= 15 is 0 Å². The van der Waals surface area contributed by atoms with Crippen LogP contribution < -0.4 is 4.90 Å². The van der Waals surface area contributed by atoms with Crippen LogP contribution in [-0.4, -0.2) is 27.0 Å². The maximum atomic E-state index is 14.0. The third-order valence-corrected chi connectivity index (χ3v) is 7.82. The number of hydrogen-bond donors (Lipinski definition) is 0. The zero-order valence-corrected chi connectivity index (χ0v) is 21.5. The van der Waals surface area contributed by atoms with E-state index in [-0.39, 0.29) is 11.8 Å². The van der Waals surface area contributed by atoms with E-state index < -0.39 is 0 Å². The molecule has 0 fully saturated rings. The highest BCUT2D eigenvalue weighted by Gasteiger charge is 2.25. The third-order valence-electron chi connectivity index (χ3n) is 6.60. The molecule has 5 rings (SSSR count). The summed E-state index contributed by atoms with van der Waals surface area (Å²) >= 11 is 1.62. The van der Waals surface area contributed by atoms with E-state index in [1.807, 2.05) is 58.4 Å². The summed E-state index contributed by atoms with van der Waals surface area (Å²) in [6.45, 7) is 5.59. The number of benzene rings is 3. The Kier molecular flexibility index (Phi) is 7.23. The Bertz CT molecular complexity index is 1350. The van der Waals surface area contributed by atoms with Gasteiger partial charge in [0.25, 0.3) is 0 Å². The van der Waals surface area contributed by atoms with Crippen LogP contribution >= 0.6 is 11.3 Å². The van der Waals surface area contributed by atoms with Gasteiger partial charge in [0.05, 0.1) is 16.5 Å². The van der Waals surface area contributed by atoms with E-state index in [1.165, 1.54) is 5.56 Å². The van der Waals surface area contributed by atoms with Crippen LogP contribution in [0.1, 0.15) is 41.0 Å². The van der Waals surface area contributed by atoms with Crippen molar-refractivity contribution in [1.29, 1.82) is 0 Å². The fraction of sp³-hybridized carbons (Fsp3) is 0.233. The number of thiazole rings is 1. The average molecular weight is 495 g/mol. The number of amides is 1. The number of aromatic nitrogens is 3. The largest absolute Gasteiger partial charge is 0.337 e. The monoisotopic (exact) mass is 494 g/mol. The molecular formula is C30H30N4OS. The van der Waals surface area contributed by atoms with E-state index in [0.717, 1.165) is 45.0 Å². The Balaban J connectivity index is 1.47. The number of imidazole rings is 1. The Morgan fingerprint density at radius 1 is 0.944 bits per heavy atom. The van der Waals surface area contributed by atoms with E-state index in [4.69, 9.17) is 4.98 Å². The summed E-state index contributed by atoms with van der Waals surface area (Å²) in [4.78, 5) is 25.0. The van der Waals surface area contributed by atoms with Crippen molar-refractivity contribution in [2.75, 3.05) is 11.4 Å². The molecule has 0 unspecified atom stereocenters. The van der Waals surface area contributed by atoms with Gasteiger partial charge in [0.1, 0.15) is 0 Å². The lowest BCUT2D eigenvalue weighted by molar-refractivity contribution is -0.118. The van der Waals surface area contributed by atoms with E-state index in [2.05, 4.69) is 55.2 Å². The molecule has 36 heavy (non-hydrogen) atoms. The van der Waals surface area contributed by atoms with Crippen LogP contribution in [0, 0.1) is 13.8 Å². The smallest absolute Gasteiger partial charge is 0.229 e. The lowest BCUT2D eigenvalue weighted by Gasteiger charge is -2.24. The second-order valence-corrected chi connectivity index (χ2v) is 10.1. The first-order chi connectivity index (χ1) is 17.6. The lowest BCUT2D eigenvalue weighted by atomic mass is 9.88. The molecule has 2 heterocycles. The summed E-state index contributed by atoms with van der Waals surface area (Å²) in [6, 6.07) is 24.9. The summed E-state index contributed by atoms with van der Waals surface area (Å²) in [7, 11) is 0. The molecule has 5 nitrogen and oxygen atoms in total. The van der Waals surface area contributed by atoms with Crippen molar-refractivity contribution in [1.82, 2.24) is 14.5 Å². The van der Waals surface area contributed by atoms with Crippen LogP contribution in [0.5, 0.6) is 0 Å². The zero-order chi connectivity index (χ0) is 24.9. The van der Waals surface area contributed by atoms with E-state index in [0.29, 0.717) is 13.0 Å². The first kappa shape index (κ1) is 23.9.